The zero-order chi connectivity index (χ0) is 21.6. The second-order valence-corrected chi connectivity index (χ2v) is 5.02. The molecule has 6 nitrogen and oxygen atoms in total. The first kappa shape index (κ1) is 23.8. The topological polar surface area (TPSA) is 77.8 Å². The molecule has 0 saturated heterocycles. The third-order valence-electron chi connectivity index (χ3n) is 3.34. The summed E-state index contributed by atoms with van der Waals surface area (Å²) in [6.45, 7) is 13.8. The maximum Gasteiger partial charge on any atom is 0.258 e. The van der Waals surface area contributed by atoms with Crippen molar-refractivity contribution >= 4 is 0 Å². The lowest BCUT2D eigenvalue weighted by Gasteiger charge is -1.97. The van der Waals surface area contributed by atoms with Crippen LogP contribution < -0.4 is 0 Å². The van der Waals surface area contributed by atoms with Crippen LogP contribution in [0, 0.1) is 6.92 Å². The fraction of sp³-hybridized carbons (Fsp3) is 0.304. The Morgan fingerprint density at radius 2 is 1.10 bits per heavy atom. The van der Waals surface area contributed by atoms with Crippen molar-refractivity contribution in [2.24, 2.45) is 0 Å². The molecule has 2 heterocycles. The molecule has 154 valence electrons. The predicted octanol–water partition coefficient (Wildman–Crippen LogP) is 6.84. The van der Waals surface area contributed by atoms with Gasteiger partial charge in [-0.1, -0.05) is 88.3 Å². The van der Waals surface area contributed by atoms with E-state index >= 15 is 0 Å². The lowest BCUT2D eigenvalue weighted by atomic mass is 10.1. The van der Waals surface area contributed by atoms with Crippen molar-refractivity contribution < 1.29 is 9.05 Å². The summed E-state index contributed by atoms with van der Waals surface area (Å²) in [4.78, 5) is 8.67. The van der Waals surface area contributed by atoms with Crippen molar-refractivity contribution in [3.8, 4) is 34.3 Å². The van der Waals surface area contributed by atoms with E-state index < -0.39 is 0 Å². The Kier molecular flexibility index (Phi) is 10.6. The zero-order valence-corrected chi connectivity index (χ0v) is 18.3. The Balaban J connectivity index is 0.000000644. The van der Waals surface area contributed by atoms with E-state index in [1.807, 2.05) is 96.1 Å². The molecular formula is C23H30N4O2. The van der Waals surface area contributed by atoms with Gasteiger partial charge in [0.2, 0.25) is 5.82 Å². The first-order valence-corrected chi connectivity index (χ1v) is 10.1. The molecule has 0 N–H and O–H groups in total. The molecule has 0 saturated carbocycles. The van der Waals surface area contributed by atoms with E-state index in [0.717, 1.165) is 16.7 Å². The Morgan fingerprint density at radius 1 is 0.586 bits per heavy atom. The lowest BCUT2D eigenvalue weighted by molar-refractivity contribution is 0.425. The van der Waals surface area contributed by atoms with Crippen LogP contribution in [-0.4, -0.2) is 20.3 Å². The maximum absolute atomic E-state index is 5.37. The fourth-order valence-corrected chi connectivity index (χ4v) is 2.24. The Bertz CT molecular complexity index is 946. The molecule has 0 aliphatic carbocycles. The molecule has 4 rings (SSSR count). The second kappa shape index (κ2) is 13.0. The van der Waals surface area contributed by atoms with E-state index in [-0.39, 0.29) is 0 Å². The van der Waals surface area contributed by atoms with Gasteiger partial charge in [0.15, 0.2) is 5.82 Å². The Morgan fingerprint density at radius 3 is 1.66 bits per heavy atom. The number of aromatic nitrogens is 4. The summed E-state index contributed by atoms with van der Waals surface area (Å²) in [5.74, 6) is 2.06. The summed E-state index contributed by atoms with van der Waals surface area (Å²) in [6, 6.07) is 17.2. The molecule has 0 spiro atoms. The average molecular weight is 395 g/mol. The van der Waals surface area contributed by atoms with Gasteiger partial charge in [-0.15, -0.1) is 0 Å². The number of hydrogen-bond donors (Lipinski definition) is 0. The van der Waals surface area contributed by atoms with Gasteiger partial charge < -0.3 is 9.05 Å². The molecule has 6 heteroatoms. The van der Waals surface area contributed by atoms with Crippen LogP contribution in [-0.2, 0) is 0 Å². The molecule has 0 aliphatic heterocycles. The molecule has 0 aliphatic rings. The highest BCUT2D eigenvalue weighted by Gasteiger charge is 2.13. The van der Waals surface area contributed by atoms with Crippen LogP contribution in [0.3, 0.4) is 0 Å². The highest BCUT2D eigenvalue weighted by molar-refractivity contribution is 5.65. The van der Waals surface area contributed by atoms with Gasteiger partial charge in [0.25, 0.3) is 11.8 Å². The molecule has 0 radical (unpaired) electrons. The number of hydrogen-bond acceptors (Lipinski definition) is 6. The first-order valence-electron chi connectivity index (χ1n) is 10.1. The summed E-state index contributed by atoms with van der Waals surface area (Å²) in [7, 11) is 0. The number of benzene rings is 2. The van der Waals surface area contributed by atoms with Gasteiger partial charge in [0.05, 0.1) is 0 Å². The highest BCUT2D eigenvalue weighted by atomic mass is 16.5. The normalized spacial score (nSPS) is 9.21. The largest absolute Gasteiger partial charge is 0.334 e. The molecule has 0 amide bonds. The fourth-order valence-electron chi connectivity index (χ4n) is 2.24. The van der Waals surface area contributed by atoms with Crippen LogP contribution in [0.2, 0.25) is 0 Å². The quantitative estimate of drug-likeness (QED) is 0.378. The van der Waals surface area contributed by atoms with Crippen molar-refractivity contribution in [1.82, 2.24) is 20.3 Å². The molecule has 2 aromatic heterocycles. The van der Waals surface area contributed by atoms with E-state index in [1.54, 1.807) is 6.92 Å². The van der Waals surface area contributed by atoms with E-state index in [2.05, 4.69) is 20.3 Å². The molecular weight excluding hydrogens is 364 g/mol. The number of aryl methyl sites for hydroxylation is 1. The molecule has 4 aromatic rings. The smallest absolute Gasteiger partial charge is 0.258 e. The minimum absolute atomic E-state index is 0.446. The monoisotopic (exact) mass is 394 g/mol. The van der Waals surface area contributed by atoms with Gasteiger partial charge in [0.1, 0.15) is 0 Å². The Hall–Kier alpha value is -3.28. The van der Waals surface area contributed by atoms with E-state index in [1.165, 1.54) is 0 Å². The molecule has 0 fully saturated rings. The van der Waals surface area contributed by atoms with Crippen LogP contribution in [0.25, 0.3) is 34.3 Å². The van der Waals surface area contributed by atoms with Crippen molar-refractivity contribution in [2.75, 3.05) is 0 Å². The second-order valence-electron chi connectivity index (χ2n) is 5.02. The first-order chi connectivity index (χ1) is 14.3. The maximum atomic E-state index is 5.37. The standard InChI is InChI=1S/C17H12N4O2.3C2H6/c1-11-18-16(22-20-11)13-8-5-9-14(10-13)17-19-15(21-23-17)12-6-3-2-4-7-12;3*1-2/h2-10H,1H3;3*1-2H3. The lowest BCUT2D eigenvalue weighted by Crippen LogP contribution is -1.83. The van der Waals surface area contributed by atoms with Gasteiger partial charge in [-0.05, 0) is 25.1 Å². The van der Waals surface area contributed by atoms with Gasteiger partial charge in [-0.2, -0.15) is 9.97 Å². The third kappa shape index (κ3) is 6.38. The van der Waals surface area contributed by atoms with Gasteiger partial charge >= 0.3 is 0 Å². The van der Waals surface area contributed by atoms with Gasteiger partial charge in [-0.25, -0.2) is 0 Å². The third-order valence-corrected chi connectivity index (χ3v) is 3.34. The summed E-state index contributed by atoms with van der Waals surface area (Å²) >= 11 is 0. The van der Waals surface area contributed by atoms with Crippen LogP contribution in [0.5, 0.6) is 0 Å². The van der Waals surface area contributed by atoms with Crippen molar-refractivity contribution in [2.45, 2.75) is 48.5 Å². The highest BCUT2D eigenvalue weighted by Crippen LogP contribution is 2.26. The van der Waals surface area contributed by atoms with E-state index in [9.17, 15) is 0 Å². The average Bonchev–Trinajstić information content (AvgIpc) is 3.48. The molecule has 29 heavy (non-hydrogen) atoms. The van der Waals surface area contributed by atoms with Crippen molar-refractivity contribution in [3.63, 3.8) is 0 Å². The van der Waals surface area contributed by atoms with Crippen LogP contribution >= 0.6 is 0 Å². The Labute approximate surface area is 173 Å². The molecule has 0 bridgehead atoms. The predicted molar refractivity (Wildman–Crippen MR) is 117 cm³/mol. The number of rotatable bonds is 3. The van der Waals surface area contributed by atoms with Crippen LogP contribution in [0.15, 0.2) is 63.6 Å². The summed E-state index contributed by atoms with van der Waals surface area (Å²) < 4.78 is 10.6. The van der Waals surface area contributed by atoms with Crippen molar-refractivity contribution in [1.29, 1.82) is 0 Å². The van der Waals surface area contributed by atoms with Gasteiger partial charge in [-0.3, -0.25) is 0 Å². The van der Waals surface area contributed by atoms with E-state index in [0.29, 0.717) is 23.4 Å². The summed E-state index contributed by atoms with van der Waals surface area (Å²) in [6.07, 6.45) is 0. The van der Waals surface area contributed by atoms with Gasteiger partial charge in [0, 0.05) is 16.7 Å². The minimum atomic E-state index is 0.446. The SMILES string of the molecule is CC.CC.CC.Cc1noc(-c2cccc(-c3nc(-c4ccccc4)no3)c2)n1. The zero-order valence-electron chi connectivity index (χ0n) is 18.3. The van der Waals surface area contributed by atoms with Crippen molar-refractivity contribution in [3.05, 3.63) is 60.4 Å². The summed E-state index contributed by atoms with van der Waals surface area (Å²) in [5.41, 5.74) is 2.52. The molecule has 0 unspecified atom stereocenters. The summed E-state index contributed by atoms with van der Waals surface area (Å²) in [5, 5.41) is 7.83. The van der Waals surface area contributed by atoms with Crippen LogP contribution in [0.1, 0.15) is 47.4 Å². The van der Waals surface area contributed by atoms with E-state index in [4.69, 9.17) is 9.05 Å². The van der Waals surface area contributed by atoms with Crippen LogP contribution in [0.4, 0.5) is 0 Å². The molecule has 0 atom stereocenters. The number of nitrogens with zero attached hydrogens (tertiary/aromatic N) is 4. The molecule has 2 aromatic carbocycles. The minimum Gasteiger partial charge on any atom is -0.334 e.